The van der Waals surface area contributed by atoms with Crippen molar-refractivity contribution in [3.8, 4) is 5.75 Å². The Morgan fingerprint density at radius 2 is 2.14 bits per heavy atom. The molecule has 0 aromatic heterocycles. The van der Waals surface area contributed by atoms with E-state index in [1.807, 2.05) is 0 Å². The van der Waals surface area contributed by atoms with Gasteiger partial charge in [-0.2, -0.15) is 0 Å². The summed E-state index contributed by atoms with van der Waals surface area (Å²) in [6, 6.07) is 4.58. The zero-order valence-corrected chi connectivity index (χ0v) is 13.8. The van der Waals surface area contributed by atoms with Crippen molar-refractivity contribution in [3.05, 3.63) is 28.2 Å². The number of carboxylic acids is 1. The van der Waals surface area contributed by atoms with Crippen LogP contribution in [0.25, 0.3) is 0 Å². The first-order valence-corrected chi connectivity index (χ1v) is 7.19. The fourth-order valence-corrected chi connectivity index (χ4v) is 2.07. The topological polar surface area (TPSA) is 61.8 Å². The van der Waals surface area contributed by atoms with Gasteiger partial charge in [0, 0.05) is 23.8 Å². The number of carboxylic acid groups (broad SMARTS) is 1. The largest absolute Gasteiger partial charge is 0.480 e. The van der Waals surface area contributed by atoms with Crippen LogP contribution in [-0.2, 0) is 4.79 Å². The van der Waals surface area contributed by atoms with Crippen molar-refractivity contribution in [2.45, 2.75) is 19.4 Å². The minimum atomic E-state index is -1.05. The summed E-state index contributed by atoms with van der Waals surface area (Å²) in [5.41, 5.74) is 0.375. The lowest BCUT2D eigenvalue weighted by Gasteiger charge is -2.25. The Balaban J connectivity index is 0.000000235. The highest BCUT2D eigenvalue weighted by Crippen LogP contribution is 2.27. The lowest BCUT2D eigenvalue weighted by Crippen LogP contribution is -2.36. The van der Waals surface area contributed by atoms with Gasteiger partial charge in [-0.3, -0.25) is 4.90 Å². The summed E-state index contributed by atoms with van der Waals surface area (Å²) in [6.45, 7) is 6.22. The summed E-state index contributed by atoms with van der Waals surface area (Å²) >= 11 is 11.3. The molecule has 2 N–H and O–H groups in total. The van der Waals surface area contributed by atoms with Gasteiger partial charge in [-0.05, 0) is 39.1 Å². The van der Waals surface area contributed by atoms with Gasteiger partial charge >= 0.3 is 5.97 Å². The van der Waals surface area contributed by atoms with Crippen LogP contribution in [0.3, 0.4) is 0 Å². The molecule has 2 rings (SSSR count). The van der Waals surface area contributed by atoms with Gasteiger partial charge in [-0.1, -0.05) is 23.2 Å². The van der Waals surface area contributed by atoms with Gasteiger partial charge in [-0.25, -0.2) is 4.79 Å². The number of aliphatic carboxylic acids is 1. The highest BCUT2D eigenvalue weighted by Gasteiger charge is 2.27. The number of rotatable bonds is 3. The van der Waals surface area contributed by atoms with E-state index in [1.54, 1.807) is 6.07 Å². The van der Waals surface area contributed by atoms with E-state index >= 15 is 0 Å². The maximum Gasteiger partial charge on any atom is 0.341 e. The van der Waals surface area contributed by atoms with Gasteiger partial charge in [0.1, 0.15) is 5.75 Å². The molecule has 0 amide bonds. The van der Waals surface area contributed by atoms with Crippen LogP contribution in [0.5, 0.6) is 5.75 Å². The Labute approximate surface area is 134 Å². The van der Waals surface area contributed by atoms with Crippen molar-refractivity contribution in [2.24, 2.45) is 0 Å². The van der Waals surface area contributed by atoms with Crippen molar-refractivity contribution >= 4 is 29.2 Å². The van der Waals surface area contributed by atoms with E-state index in [0.717, 1.165) is 13.2 Å². The van der Waals surface area contributed by atoms with Crippen LogP contribution in [0.1, 0.15) is 13.8 Å². The van der Waals surface area contributed by atoms with E-state index in [1.165, 1.54) is 12.1 Å². The number of nitrogens with one attached hydrogen (secondary N) is 1. The third kappa shape index (κ3) is 6.09. The van der Waals surface area contributed by atoms with Crippen LogP contribution in [0.4, 0.5) is 0 Å². The SMILES string of the molecule is CN1CNCC1(C)C.O=C(O)COc1ccc(Cl)cc1Cl. The average molecular weight is 335 g/mol. The smallest absolute Gasteiger partial charge is 0.341 e. The molecule has 21 heavy (non-hydrogen) atoms. The van der Waals surface area contributed by atoms with E-state index in [4.69, 9.17) is 33.0 Å². The van der Waals surface area contributed by atoms with Gasteiger partial charge in [0.25, 0.3) is 0 Å². The fraction of sp³-hybridized carbons (Fsp3) is 0.500. The lowest BCUT2D eigenvalue weighted by atomic mass is 10.1. The molecule has 1 saturated heterocycles. The molecule has 0 aliphatic carbocycles. The van der Waals surface area contributed by atoms with Gasteiger partial charge in [-0.15, -0.1) is 0 Å². The Bertz CT molecular complexity index is 495. The average Bonchev–Trinajstić information content (AvgIpc) is 2.67. The summed E-state index contributed by atoms with van der Waals surface area (Å²) in [4.78, 5) is 12.5. The van der Waals surface area contributed by atoms with Crippen LogP contribution in [0.15, 0.2) is 18.2 Å². The molecule has 0 bridgehead atoms. The molecule has 1 aliphatic rings. The Morgan fingerprint density at radius 3 is 2.52 bits per heavy atom. The third-order valence-corrected chi connectivity index (χ3v) is 3.72. The minimum Gasteiger partial charge on any atom is -0.480 e. The first-order valence-electron chi connectivity index (χ1n) is 6.44. The Kier molecular flexibility index (Phi) is 6.74. The second-order valence-corrected chi connectivity index (χ2v) is 6.20. The highest BCUT2D eigenvalue weighted by molar-refractivity contribution is 6.35. The molecular weight excluding hydrogens is 315 g/mol. The second kappa shape index (κ2) is 7.84. The monoisotopic (exact) mass is 334 g/mol. The Morgan fingerprint density at radius 1 is 1.48 bits per heavy atom. The lowest BCUT2D eigenvalue weighted by molar-refractivity contribution is -0.139. The van der Waals surface area contributed by atoms with Gasteiger partial charge < -0.3 is 15.2 Å². The first-order chi connectivity index (χ1) is 9.72. The number of hydrogen-bond donors (Lipinski definition) is 2. The molecule has 0 atom stereocenters. The zero-order chi connectivity index (χ0) is 16.0. The number of nitrogens with zero attached hydrogens (tertiary/aromatic N) is 1. The molecular formula is C14H20Cl2N2O3. The van der Waals surface area contributed by atoms with Crippen molar-refractivity contribution in [2.75, 3.05) is 26.9 Å². The molecule has 1 aromatic carbocycles. The number of likely N-dealkylation sites (N-methyl/N-ethyl adjacent to an activating group) is 1. The molecule has 1 fully saturated rings. The standard InChI is InChI=1S/C8H6Cl2O3.C6H14N2/c9-5-1-2-7(6(10)3-5)13-4-8(11)12;1-6(2)4-7-5-8(6)3/h1-3H,4H2,(H,11,12);7H,4-5H2,1-3H3. The van der Waals surface area contributed by atoms with E-state index in [9.17, 15) is 4.79 Å². The van der Waals surface area contributed by atoms with Crippen LogP contribution in [0.2, 0.25) is 10.0 Å². The normalized spacial score (nSPS) is 17.0. The molecule has 118 valence electrons. The van der Waals surface area contributed by atoms with Crippen molar-refractivity contribution in [1.29, 1.82) is 0 Å². The summed E-state index contributed by atoms with van der Waals surface area (Å²) in [5.74, 6) is -0.737. The molecule has 1 aromatic rings. The van der Waals surface area contributed by atoms with Crippen molar-refractivity contribution in [3.63, 3.8) is 0 Å². The van der Waals surface area contributed by atoms with E-state index < -0.39 is 12.6 Å². The quantitative estimate of drug-likeness (QED) is 0.889. The number of benzene rings is 1. The van der Waals surface area contributed by atoms with Crippen molar-refractivity contribution < 1.29 is 14.6 Å². The maximum atomic E-state index is 10.2. The number of ether oxygens (including phenoxy) is 1. The minimum absolute atomic E-state index is 0.300. The van der Waals surface area contributed by atoms with E-state index in [-0.39, 0.29) is 0 Å². The third-order valence-electron chi connectivity index (χ3n) is 3.19. The molecule has 0 saturated carbocycles. The van der Waals surface area contributed by atoms with Crippen molar-refractivity contribution in [1.82, 2.24) is 10.2 Å². The zero-order valence-electron chi connectivity index (χ0n) is 12.3. The Hall–Kier alpha value is -1.01. The summed E-state index contributed by atoms with van der Waals surface area (Å²) < 4.78 is 4.86. The molecule has 0 radical (unpaired) electrons. The van der Waals surface area contributed by atoms with Gasteiger partial charge in [0.15, 0.2) is 6.61 Å². The summed E-state index contributed by atoms with van der Waals surface area (Å²) in [5, 5.41) is 12.4. The van der Waals surface area contributed by atoms with E-state index in [0.29, 0.717) is 21.3 Å². The molecule has 1 aliphatic heterocycles. The van der Waals surface area contributed by atoms with E-state index in [2.05, 4.69) is 31.1 Å². The molecule has 0 spiro atoms. The summed E-state index contributed by atoms with van der Waals surface area (Å²) in [7, 11) is 2.14. The number of carbonyl (C=O) groups is 1. The van der Waals surface area contributed by atoms with Gasteiger partial charge in [0.05, 0.1) is 5.02 Å². The fourth-order valence-electron chi connectivity index (χ4n) is 1.61. The first kappa shape index (κ1) is 18.0. The molecule has 7 heteroatoms. The molecule has 1 heterocycles. The van der Waals surface area contributed by atoms with Crippen LogP contribution in [-0.4, -0.2) is 48.4 Å². The predicted molar refractivity (Wildman–Crippen MR) is 84.3 cm³/mol. The number of hydrogen-bond acceptors (Lipinski definition) is 4. The van der Waals surface area contributed by atoms with Crippen LogP contribution >= 0.6 is 23.2 Å². The second-order valence-electron chi connectivity index (χ2n) is 5.35. The van der Waals surface area contributed by atoms with Crippen LogP contribution in [0, 0.1) is 0 Å². The van der Waals surface area contributed by atoms with Crippen LogP contribution < -0.4 is 10.1 Å². The molecule has 0 unspecified atom stereocenters. The van der Waals surface area contributed by atoms with Gasteiger partial charge in [0.2, 0.25) is 0 Å². The maximum absolute atomic E-state index is 10.2. The summed E-state index contributed by atoms with van der Waals surface area (Å²) in [6.07, 6.45) is 0. The molecule has 5 nitrogen and oxygen atoms in total. The highest BCUT2D eigenvalue weighted by atomic mass is 35.5. The number of halogens is 2. The predicted octanol–water partition coefficient (Wildman–Crippen LogP) is 2.71.